The van der Waals surface area contributed by atoms with Crippen LogP contribution >= 0.6 is 0 Å². The van der Waals surface area contributed by atoms with Crippen LogP contribution in [0, 0.1) is 0 Å². The Morgan fingerprint density at radius 3 is 1.86 bits per heavy atom. The van der Waals surface area contributed by atoms with Crippen LogP contribution in [0.1, 0.15) is 20.7 Å². The van der Waals surface area contributed by atoms with E-state index in [0.717, 1.165) is 0 Å². The minimum absolute atomic E-state index is 0.121. The Balaban J connectivity index is 1.97. The molecule has 0 spiro atoms. The molecule has 3 aromatic carbocycles. The maximum atomic E-state index is 12.6. The molecule has 0 radical (unpaired) electrons. The van der Waals surface area contributed by atoms with E-state index in [0.29, 0.717) is 27.6 Å². The fourth-order valence-corrected chi connectivity index (χ4v) is 2.87. The van der Waals surface area contributed by atoms with Crippen LogP contribution in [0.3, 0.4) is 0 Å². The zero-order chi connectivity index (χ0) is 15.3. The number of carbonyl (C=O) groups is 2. The van der Waals surface area contributed by atoms with Crippen molar-refractivity contribution in [1.82, 2.24) is 0 Å². The van der Waals surface area contributed by atoms with Gasteiger partial charge in [-0.3, -0.25) is 9.59 Å². The maximum absolute atomic E-state index is 12.6. The second kappa shape index (κ2) is 4.43. The Kier molecular flexibility index (Phi) is 2.53. The zero-order valence-corrected chi connectivity index (χ0v) is 11.5. The lowest BCUT2D eigenvalue weighted by atomic mass is 10.1. The third-order valence-corrected chi connectivity index (χ3v) is 3.91. The van der Waals surface area contributed by atoms with Gasteiger partial charge < -0.3 is 5.11 Å². The minimum atomic E-state index is -0.337. The average Bonchev–Trinajstić information content (AvgIpc) is 2.81. The normalized spacial score (nSPS) is 13.7. The predicted molar refractivity (Wildman–Crippen MR) is 83.2 cm³/mol. The molecule has 1 aliphatic rings. The van der Waals surface area contributed by atoms with Gasteiger partial charge in [0, 0.05) is 10.8 Å². The smallest absolute Gasteiger partial charge is 0.266 e. The third-order valence-electron chi connectivity index (χ3n) is 3.91. The largest absolute Gasteiger partial charge is 0.507 e. The van der Waals surface area contributed by atoms with E-state index in [2.05, 4.69) is 0 Å². The number of rotatable bonds is 1. The van der Waals surface area contributed by atoms with Gasteiger partial charge in [-0.1, -0.05) is 36.4 Å². The summed E-state index contributed by atoms with van der Waals surface area (Å²) >= 11 is 0. The Morgan fingerprint density at radius 2 is 1.23 bits per heavy atom. The van der Waals surface area contributed by atoms with Gasteiger partial charge in [0.05, 0.1) is 16.8 Å². The second-order valence-electron chi connectivity index (χ2n) is 5.14. The molecular formula is C18H11NO3. The SMILES string of the molecule is O=C1c2ccccc2C(=O)N1c1ccc(O)c2ccccc12. The molecule has 1 heterocycles. The van der Waals surface area contributed by atoms with Crippen LogP contribution in [0.2, 0.25) is 0 Å². The number of anilines is 1. The van der Waals surface area contributed by atoms with E-state index in [9.17, 15) is 14.7 Å². The number of amides is 2. The fourth-order valence-electron chi connectivity index (χ4n) is 2.87. The predicted octanol–water partition coefficient (Wildman–Crippen LogP) is 3.35. The number of nitrogens with zero attached hydrogens (tertiary/aromatic N) is 1. The molecule has 2 amide bonds. The minimum Gasteiger partial charge on any atom is -0.507 e. The molecule has 0 aliphatic carbocycles. The van der Waals surface area contributed by atoms with Crippen LogP contribution in [-0.2, 0) is 0 Å². The number of imide groups is 1. The topological polar surface area (TPSA) is 57.6 Å². The average molecular weight is 289 g/mol. The Morgan fingerprint density at radius 1 is 0.682 bits per heavy atom. The van der Waals surface area contributed by atoms with Crippen molar-refractivity contribution in [1.29, 1.82) is 0 Å². The summed E-state index contributed by atoms with van der Waals surface area (Å²) in [6.07, 6.45) is 0. The molecular weight excluding hydrogens is 278 g/mol. The summed E-state index contributed by atoms with van der Waals surface area (Å²) in [6, 6.07) is 17.0. The number of phenolic OH excluding ortho intramolecular Hbond substituents is 1. The number of hydrogen-bond acceptors (Lipinski definition) is 3. The molecule has 0 aromatic heterocycles. The van der Waals surface area contributed by atoms with Crippen molar-refractivity contribution in [2.45, 2.75) is 0 Å². The summed E-state index contributed by atoms with van der Waals surface area (Å²) in [5, 5.41) is 11.2. The number of phenols is 1. The van der Waals surface area contributed by atoms with Gasteiger partial charge in [-0.05, 0) is 24.3 Å². The van der Waals surface area contributed by atoms with E-state index in [1.54, 1.807) is 48.5 Å². The van der Waals surface area contributed by atoms with Crippen molar-refractivity contribution < 1.29 is 14.7 Å². The van der Waals surface area contributed by atoms with Gasteiger partial charge in [0.15, 0.2) is 0 Å². The highest BCUT2D eigenvalue weighted by Crippen LogP contribution is 2.36. The van der Waals surface area contributed by atoms with Gasteiger partial charge in [0.25, 0.3) is 11.8 Å². The highest BCUT2D eigenvalue weighted by atomic mass is 16.3. The Bertz CT molecular complexity index is 911. The first-order valence-electron chi connectivity index (χ1n) is 6.87. The van der Waals surface area contributed by atoms with Crippen LogP contribution in [-0.4, -0.2) is 16.9 Å². The van der Waals surface area contributed by atoms with Gasteiger partial charge in [-0.25, -0.2) is 4.90 Å². The molecule has 3 aromatic rings. The van der Waals surface area contributed by atoms with Crippen LogP contribution in [0.4, 0.5) is 5.69 Å². The number of benzene rings is 3. The molecule has 0 saturated carbocycles. The molecule has 4 rings (SSSR count). The maximum Gasteiger partial charge on any atom is 0.266 e. The van der Waals surface area contributed by atoms with Crippen LogP contribution in [0.25, 0.3) is 10.8 Å². The van der Waals surface area contributed by atoms with Gasteiger partial charge >= 0.3 is 0 Å². The molecule has 0 atom stereocenters. The highest BCUT2D eigenvalue weighted by Gasteiger charge is 2.37. The summed E-state index contributed by atoms with van der Waals surface area (Å²) in [5.41, 5.74) is 1.30. The number of fused-ring (bicyclic) bond motifs is 2. The first-order valence-corrected chi connectivity index (χ1v) is 6.87. The lowest BCUT2D eigenvalue weighted by molar-refractivity contribution is 0.0926. The van der Waals surface area contributed by atoms with Crippen LogP contribution in [0.5, 0.6) is 5.75 Å². The first-order chi connectivity index (χ1) is 10.7. The molecule has 0 fully saturated rings. The Hall–Kier alpha value is -3.14. The second-order valence-corrected chi connectivity index (χ2v) is 5.14. The van der Waals surface area contributed by atoms with Gasteiger partial charge in [0.1, 0.15) is 5.75 Å². The molecule has 1 aliphatic heterocycles. The van der Waals surface area contributed by atoms with Crippen molar-refractivity contribution in [2.24, 2.45) is 0 Å². The molecule has 106 valence electrons. The first kappa shape index (κ1) is 12.6. The molecule has 0 saturated heterocycles. The zero-order valence-electron chi connectivity index (χ0n) is 11.5. The molecule has 0 unspecified atom stereocenters. The van der Waals surface area contributed by atoms with Gasteiger partial charge in [0.2, 0.25) is 0 Å². The summed E-state index contributed by atoms with van der Waals surface area (Å²) < 4.78 is 0. The summed E-state index contributed by atoms with van der Waals surface area (Å²) in [4.78, 5) is 26.3. The van der Waals surface area contributed by atoms with Crippen molar-refractivity contribution in [3.63, 3.8) is 0 Å². The van der Waals surface area contributed by atoms with Gasteiger partial charge in [-0.15, -0.1) is 0 Å². The van der Waals surface area contributed by atoms with E-state index >= 15 is 0 Å². The molecule has 1 N–H and O–H groups in total. The molecule has 0 bridgehead atoms. The third kappa shape index (κ3) is 1.58. The lowest BCUT2D eigenvalue weighted by Crippen LogP contribution is -2.29. The van der Waals surface area contributed by atoms with Crippen molar-refractivity contribution in [2.75, 3.05) is 4.90 Å². The van der Waals surface area contributed by atoms with E-state index in [1.807, 2.05) is 6.07 Å². The standard InChI is InChI=1S/C18H11NO3/c20-16-10-9-15(11-5-1-2-6-12(11)16)19-17(21)13-7-3-4-8-14(13)18(19)22/h1-10,20H. The summed E-state index contributed by atoms with van der Waals surface area (Å²) in [7, 11) is 0. The van der Waals surface area contributed by atoms with Crippen molar-refractivity contribution >= 4 is 28.3 Å². The molecule has 4 heteroatoms. The molecule has 4 nitrogen and oxygen atoms in total. The molecule has 22 heavy (non-hydrogen) atoms. The van der Waals surface area contributed by atoms with E-state index in [4.69, 9.17) is 0 Å². The number of carbonyl (C=O) groups excluding carboxylic acids is 2. The number of aromatic hydroxyl groups is 1. The monoisotopic (exact) mass is 289 g/mol. The summed E-state index contributed by atoms with van der Waals surface area (Å²) in [5.74, 6) is -0.552. The highest BCUT2D eigenvalue weighted by molar-refractivity contribution is 6.36. The Labute approximate surface area is 126 Å². The van der Waals surface area contributed by atoms with E-state index in [1.165, 1.54) is 11.0 Å². The fraction of sp³-hybridized carbons (Fsp3) is 0. The number of hydrogen-bond donors (Lipinski definition) is 1. The summed E-state index contributed by atoms with van der Waals surface area (Å²) in [6.45, 7) is 0. The van der Waals surface area contributed by atoms with E-state index in [-0.39, 0.29) is 17.6 Å². The van der Waals surface area contributed by atoms with Crippen LogP contribution < -0.4 is 4.90 Å². The van der Waals surface area contributed by atoms with Gasteiger partial charge in [-0.2, -0.15) is 0 Å². The lowest BCUT2D eigenvalue weighted by Gasteiger charge is -2.17. The quantitative estimate of drug-likeness (QED) is 0.699. The van der Waals surface area contributed by atoms with Crippen molar-refractivity contribution in [3.8, 4) is 5.75 Å². The van der Waals surface area contributed by atoms with Crippen molar-refractivity contribution in [3.05, 3.63) is 71.8 Å². The van der Waals surface area contributed by atoms with Crippen LogP contribution in [0.15, 0.2) is 60.7 Å². The van der Waals surface area contributed by atoms with E-state index < -0.39 is 0 Å².